The van der Waals surface area contributed by atoms with Crippen molar-refractivity contribution in [1.82, 2.24) is 4.98 Å². The Hall–Kier alpha value is -2.14. The molecular weight excluding hydrogens is 443 g/mol. The molecule has 1 atom stereocenters. The van der Waals surface area contributed by atoms with Gasteiger partial charge in [-0.3, -0.25) is 4.98 Å². The number of pyridine rings is 1. The van der Waals surface area contributed by atoms with Crippen molar-refractivity contribution in [2.24, 2.45) is 5.41 Å². The van der Waals surface area contributed by atoms with Crippen LogP contribution in [0, 0.1) is 25.1 Å². The smallest absolute Gasteiger partial charge is 0.141 e. The number of halogens is 1. The molecule has 2 aromatic rings. The van der Waals surface area contributed by atoms with Gasteiger partial charge in [0.15, 0.2) is 0 Å². The SMILES string of the molecule is CCCCC1c2cc(F)cnc2-c2c(C)c(C3=CCC(C)(C)CC3)c(CC=O)c(C)c2N1SC. The average Bonchev–Trinajstić information content (AvgIpc) is 2.80. The van der Waals surface area contributed by atoms with Crippen LogP contribution in [-0.2, 0) is 11.2 Å². The number of allylic oxidation sites excluding steroid dienone is 2. The number of aldehydes is 1. The molecule has 2 heterocycles. The van der Waals surface area contributed by atoms with Gasteiger partial charge in [0.25, 0.3) is 0 Å². The molecule has 1 unspecified atom stereocenters. The molecule has 0 saturated carbocycles. The van der Waals surface area contributed by atoms with E-state index in [1.807, 2.05) is 0 Å². The fourth-order valence-corrected chi connectivity index (χ4v) is 6.66. The molecule has 1 aromatic carbocycles. The third kappa shape index (κ3) is 4.32. The van der Waals surface area contributed by atoms with E-state index in [-0.39, 0.29) is 11.9 Å². The molecule has 5 heteroatoms. The quantitative estimate of drug-likeness (QED) is 0.296. The molecule has 0 amide bonds. The van der Waals surface area contributed by atoms with Crippen LogP contribution in [0.2, 0.25) is 0 Å². The standard InChI is InChI=1S/C29H37FN2OS/c1-7-8-9-24-23-16-21(30)17-31-27(23)26-19(3)25(20-10-13-29(4,5)14-11-20)22(12-15-33)18(2)28(26)32(24)34-6/h10,15-17,24H,7-9,11-14H2,1-6H3. The Morgan fingerprint density at radius 2 is 2.03 bits per heavy atom. The number of hydrogen-bond acceptors (Lipinski definition) is 4. The maximum absolute atomic E-state index is 14.4. The van der Waals surface area contributed by atoms with Crippen LogP contribution < -0.4 is 4.31 Å². The van der Waals surface area contributed by atoms with E-state index in [9.17, 15) is 9.18 Å². The first-order chi connectivity index (χ1) is 16.2. The first-order valence-electron chi connectivity index (χ1n) is 12.5. The zero-order valence-corrected chi connectivity index (χ0v) is 22.2. The number of unbranched alkanes of at least 4 members (excludes halogenated alkanes) is 1. The van der Waals surface area contributed by atoms with Crippen molar-refractivity contribution in [2.45, 2.75) is 85.6 Å². The van der Waals surface area contributed by atoms with Gasteiger partial charge in [0.2, 0.25) is 0 Å². The highest BCUT2D eigenvalue weighted by Gasteiger charge is 2.37. The van der Waals surface area contributed by atoms with Crippen LogP contribution in [0.15, 0.2) is 18.3 Å². The van der Waals surface area contributed by atoms with Crippen LogP contribution >= 0.6 is 11.9 Å². The zero-order chi connectivity index (χ0) is 24.6. The Kier molecular flexibility index (Phi) is 7.23. The topological polar surface area (TPSA) is 33.2 Å². The normalized spacial score (nSPS) is 18.9. The Morgan fingerprint density at radius 1 is 1.26 bits per heavy atom. The van der Waals surface area contributed by atoms with E-state index in [0.717, 1.165) is 84.0 Å². The van der Waals surface area contributed by atoms with Crippen molar-refractivity contribution in [3.8, 4) is 11.3 Å². The molecule has 2 aliphatic rings. The molecule has 34 heavy (non-hydrogen) atoms. The highest BCUT2D eigenvalue weighted by molar-refractivity contribution is 8.00. The van der Waals surface area contributed by atoms with Crippen molar-refractivity contribution in [1.29, 1.82) is 0 Å². The van der Waals surface area contributed by atoms with Gasteiger partial charge in [0, 0.05) is 23.8 Å². The lowest BCUT2D eigenvalue weighted by Crippen LogP contribution is -2.29. The van der Waals surface area contributed by atoms with E-state index in [1.54, 1.807) is 18.0 Å². The summed E-state index contributed by atoms with van der Waals surface area (Å²) in [6, 6.07) is 1.74. The highest BCUT2D eigenvalue weighted by Crippen LogP contribution is 2.54. The van der Waals surface area contributed by atoms with Gasteiger partial charge < -0.3 is 9.10 Å². The number of rotatable bonds is 7. The molecule has 0 bridgehead atoms. The average molecular weight is 481 g/mol. The largest absolute Gasteiger partial charge is 0.308 e. The maximum Gasteiger partial charge on any atom is 0.141 e. The van der Waals surface area contributed by atoms with Gasteiger partial charge >= 0.3 is 0 Å². The number of carbonyl (C=O) groups is 1. The Labute approximate surface area is 208 Å². The lowest BCUT2D eigenvalue weighted by molar-refractivity contribution is -0.107. The van der Waals surface area contributed by atoms with Gasteiger partial charge in [-0.2, -0.15) is 0 Å². The van der Waals surface area contributed by atoms with Crippen molar-refractivity contribution in [3.63, 3.8) is 0 Å². The van der Waals surface area contributed by atoms with Gasteiger partial charge in [-0.25, -0.2) is 4.39 Å². The molecule has 1 aliphatic heterocycles. The molecule has 1 aromatic heterocycles. The minimum absolute atomic E-state index is 0.0587. The van der Waals surface area contributed by atoms with Crippen LogP contribution in [-0.4, -0.2) is 17.5 Å². The van der Waals surface area contributed by atoms with Gasteiger partial charge in [0.05, 0.1) is 23.6 Å². The number of fused-ring (bicyclic) bond motifs is 3. The number of carbonyl (C=O) groups excluding carboxylic acids is 1. The van der Waals surface area contributed by atoms with Crippen molar-refractivity contribution >= 4 is 29.5 Å². The molecule has 0 radical (unpaired) electrons. The minimum atomic E-state index is -0.283. The number of hydrogen-bond donors (Lipinski definition) is 0. The Balaban J connectivity index is 2.03. The summed E-state index contributed by atoms with van der Waals surface area (Å²) in [6.07, 6.45) is 13.5. The van der Waals surface area contributed by atoms with E-state index < -0.39 is 0 Å². The number of anilines is 1. The van der Waals surface area contributed by atoms with Crippen molar-refractivity contribution in [2.75, 3.05) is 10.6 Å². The summed E-state index contributed by atoms with van der Waals surface area (Å²) in [7, 11) is 0. The van der Waals surface area contributed by atoms with E-state index in [1.165, 1.54) is 17.3 Å². The van der Waals surface area contributed by atoms with Gasteiger partial charge in [-0.15, -0.1) is 0 Å². The molecular formula is C29H37FN2OS. The van der Waals surface area contributed by atoms with Crippen molar-refractivity contribution in [3.05, 3.63) is 52.0 Å². The van der Waals surface area contributed by atoms with E-state index in [0.29, 0.717) is 11.8 Å². The second kappa shape index (κ2) is 9.85. The first kappa shape index (κ1) is 25.0. The van der Waals surface area contributed by atoms with Gasteiger partial charge in [0.1, 0.15) is 12.1 Å². The third-order valence-corrected chi connectivity index (χ3v) is 8.52. The molecule has 0 saturated heterocycles. The summed E-state index contributed by atoms with van der Waals surface area (Å²) < 4.78 is 16.8. The monoisotopic (exact) mass is 480 g/mol. The second-order valence-corrected chi connectivity index (χ2v) is 11.3. The molecule has 0 spiro atoms. The maximum atomic E-state index is 14.4. The fraction of sp³-hybridized carbons (Fsp3) is 0.517. The fourth-order valence-electron chi connectivity index (χ4n) is 5.78. The summed E-state index contributed by atoms with van der Waals surface area (Å²) in [5.74, 6) is -0.283. The molecule has 0 fully saturated rings. The predicted molar refractivity (Wildman–Crippen MR) is 143 cm³/mol. The number of nitrogens with zero attached hydrogens (tertiary/aromatic N) is 2. The molecule has 1 aliphatic carbocycles. The van der Waals surface area contributed by atoms with Crippen LogP contribution in [0.5, 0.6) is 0 Å². The lowest BCUT2D eigenvalue weighted by Gasteiger charge is -2.41. The highest BCUT2D eigenvalue weighted by atomic mass is 32.2. The number of benzene rings is 1. The molecule has 4 rings (SSSR count). The van der Waals surface area contributed by atoms with Crippen molar-refractivity contribution < 1.29 is 9.18 Å². The molecule has 3 nitrogen and oxygen atoms in total. The van der Waals surface area contributed by atoms with E-state index >= 15 is 0 Å². The van der Waals surface area contributed by atoms with Crippen LogP contribution in [0.3, 0.4) is 0 Å². The Bertz CT molecular complexity index is 1140. The van der Waals surface area contributed by atoms with Gasteiger partial charge in [-0.1, -0.05) is 51.6 Å². The third-order valence-electron chi connectivity index (χ3n) is 7.69. The Morgan fingerprint density at radius 3 is 2.65 bits per heavy atom. The summed E-state index contributed by atoms with van der Waals surface area (Å²) in [5.41, 5.74) is 10.4. The van der Waals surface area contributed by atoms with Crippen LogP contribution in [0.25, 0.3) is 16.8 Å². The second-order valence-electron chi connectivity index (χ2n) is 10.6. The zero-order valence-electron chi connectivity index (χ0n) is 21.4. The van der Waals surface area contributed by atoms with Crippen LogP contribution in [0.1, 0.15) is 93.2 Å². The minimum Gasteiger partial charge on any atom is -0.308 e. The van der Waals surface area contributed by atoms with E-state index in [2.05, 4.69) is 56.2 Å². The van der Waals surface area contributed by atoms with Crippen LogP contribution in [0.4, 0.5) is 10.1 Å². The van der Waals surface area contributed by atoms with E-state index in [4.69, 9.17) is 0 Å². The summed E-state index contributed by atoms with van der Waals surface area (Å²) in [6.45, 7) is 11.1. The van der Waals surface area contributed by atoms with Gasteiger partial charge in [-0.05, 0) is 78.8 Å². The lowest BCUT2D eigenvalue weighted by atomic mass is 9.74. The predicted octanol–water partition coefficient (Wildman–Crippen LogP) is 8.17. The number of aromatic nitrogens is 1. The summed E-state index contributed by atoms with van der Waals surface area (Å²) >= 11 is 1.69. The molecule has 0 N–H and O–H groups in total. The molecule has 182 valence electrons. The summed E-state index contributed by atoms with van der Waals surface area (Å²) in [5, 5.41) is 0. The summed E-state index contributed by atoms with van der Waals surface area (Å²) in [4.78, 5) is 16.5. The first-order valence-corrected chi connectivity index (χ1v) is 13.7.